The third-order valence-corrected chi connectivity index (χ3v) is 5.48. The molecule has 4 heteroatoms. The fourth-order valence-electron chi connectivity index (χ4n) is 3.80. The van der Waals surface area contributed by atoms with Crippen molar-refractivity contribution in [2.24, 2.45) is 5.41 Å². The lowest BCUT2D eigenvalue weighted by atomic mass is 9.69. The molecule has 3 rings (SSSR count). The zero-order valence-electron chi connectivity index (χ0n) is 15.2. The van der Waals surface area contributed by atoms with Gasteiger partial charge in [0, 0.05) is 29.8 Å². The summed E-state index contributed by atoms with van der Waals surface area (Å²) in [5.41, 5.74) is 3.89. The number of aromatic nitrogens is 1. The summed E-state index contributed by atoms with van der Waals surface area (Å²) in [7, 11) is 0. The van der Waals surface area contributed by atoms with Crippen molar-refractivity contribution in [3.63, 3.8) is 0 Å². The van der Waals surface area contributed by atoms with E-state index < -0.39 is 5.97 Å². The molecule has 26 heavy (non-hydrogen) atoms. The van der Waals surface area contributed by atoms with Crippen molar-refractivity contribution < 1.29 is 14.7 Å². The van der Waals surface area contributed by atoms with Crippen molar-refractivity contribution in [1.29, 1.82) is 0 Å². The number of carbonyl (C=O) groups is 2. The van der Waals surface area contributed by atoms with Crippen LogP contribution in [0.3, 0.4) is 0 Å². The van der Waals surface area contributed by atoms with Crippen LogP contribution in [0.25, 0.3) is 11.1 Å². The lowest BCUT2D eigenvalue weighted by molar-refractivity contribution is -0.137. The predicted molar refractivity (Wildman–Crippen MR) is 101 cm³/mol. The van der Waals surface area contributed by atoms with Gasteiger partial charge in [-0.15, -0.1) is 0 Å². The number of Topliss-reactive ketones (excluding diaryl/α,β-unsaturated/α-hetero) is 1. The van der Waals surface area contributed by atoms with Gasteiger partial charge >= 0.3 is 5.97 Å². The maximum Gasteiger partial charge on any atom is 0.303 e. The number of aliphatic carboxylic acids is 1. The molecule has 0 radical (unpaired) electrons. The molecule has 0 bridgehead atoms. The zero-order valence-corrected chi connectivity index (χ0v) is 15.2. The predicted octanol–water partition coefficient (Wildman–Crippen LogP) is 4.92. The third kappa shape index (κ3) is 4.01. The lowest BCUT2D eigenvalue weighted by Gasteiger charge is -2.33. The zero-order chi connectivity index (χ0) is 18.6. The molecule has 1 unspecified atom stereocenters. The summed E-state index contributed by atoms with van der Waals surface area (Å²) in [6.07, 6.45) is 8.82. The van der Waals surface area contributed by atoms with E-state index in [4.69, 9.17) is 5.11 Å². The first-order valence-corrected chi connectivity index (χ1v) is 9.29. The second-order valence-corrected chi connectivity index (χ2v) is 7.45. The van der Waals surface area contributed by atoms with Crippen LogP contribution < -0.4 is 0 Å². The minimum Gasteiger partial charge on any atom is -0.481 e. The second kappa shape index (κ2) is 7.81. The number of hydrogen-bond donors (Lipinski definition) is 1. The molecule has 1 N–H and O–H groups in total. The van der Waals surface area contributed by atoms with Gasteiger partial charge in [-0.05, 0) is 54.5 Å². The number of hydrogen-bond acceptors (Lipinski definition) is 3. The van der Waals surface area contributed by atoms with Crippen LogP contribution in [0.1, 0.15) is 61.4 Å². The van der Waals surface area contributed by atoms with Gasteiger partial charge in [0.25, 0.3) is 0 Å². The van der Waals surface area contributed by atoms with Crippen molar-refractivity contribution in [3.05, 3.63) is 53.9 Å². The average Bonchev–Trinajstić information content (AvgIpc) is 2.65. The van der Waals surface area contributed by atoms with E-state index in [9.17, 15) is 9.59 Å². The first-order valence-electron chi connectivity index (χ1n) is 9.29. The van der Waals surface area contributed by atoms with E-state index in [0.29, 0.717) is 6.42 Å². The molecule has 0 spiro atoms. The second-order valence-electron chi connectivity index (χ2n) is 7.45. The summed E-state index contributed by atoms with van der Waals surface area (Å²) in [5.74, 6) is -0.512. The Kier molecular flexibility index (Phi) is 5.50. The number of fused-ring (bicyclic) bond motifs is 1. The summed E-state index contributed by atoms with van der Waals surface area (Å²) < 4.78 is 0. The molecular formula is C22H25NO3. The highest BCUT2D eigenvalue weighted by atomic mass is 16.4. The number of ketones is 1. The molecule has 4 nitrogen and oxygen atoms in total. The normalized spacial score (nSPS) is 19.2. The SMILES string of the molecule is CC1(CCCCCC(=O)O)CCc2cc(-c3ccncc3)ccc2C1=O. The van der Waals surface area contributed by atoms with E-state index >= 15 is 0 Å². The molecule has 0 saturated heterocycles. The number of carboxylic acid groups (broad SMARTS) is 1. The highest BCUT2D eigenvalue weighted by Crippen LogP contribution is 2.40. The Morgan fingerprint density at radius 1 is 1.12 bits per heavy atom. The molecular weight excluding hydrogens is 326 g/mol. The van der Waals surface area contributed by atoms with Crippen LogP contribution in [0.5, 0.6) is 0 Å². The molecule has 0 saturated carbocycles. The van der Waals surface area contributed by atoms with E-state index in [1.54, 1.807) is 12.4 Å². The molecule has 2 aromatic rings. The number of rotatable bonds is 7. The summed E-state index contributed by atoms with van der Waals surface area (Å²) in [6.45, 7) is 2.06. The largest absolute Gasteiger partial charge is 0.481 e. The monoisotopic (exact) mass is 351 g/mol. The van der Waals surface area contributed by atoms with E-state index in [2.05, 4.69) is 18.0 Å². The van der Waals surface area contributed by atoms with Crippen LogP contribution in [0.2, 0.25) is 0 Å². The molecule has 1 aliphatic carbocycles. The van der Waals surface area contributed by atoms with E-state index in [1.807, 2.05) is 24.3 Å². The van der Waals surface area contributed by atoms with Gasteiger partial charge in [0.15, 0.2) is 5.78 Å². The van der Waals surface area contributed by atoms with Gasteiger partial charge < -0.3 is 5.11 Å². The molecule has 0 amide bonds. The van der Waals surface area contributed by atoms with Gasteiger partial charge in [-0.1, -0.05) is 38.0 Å². The highest BCUT2D eigenvalue weighted by molar-refractivity contribution is 6.03. The number of pyridine rings is 1. The summed E-state index contributed by atoms with van der Waals surface area (Å²) >= 11 is 0. The van der Waals surface area contributed by atoms with Crippen LogP contribution in [-0.2, 0) is 11.2 Å². The maximum absolute atomic E-state index is 13.1. The molecule has 0 fully saturated rings. The number of unbranched alkanes of at least 4 members (excludes halogenated alkanes) is 2. The standard InChI is InChI=1S/C22H25NO3/c1-22(11-4-2-3-5-20(24)25)12-8-18-15-17(6-7-19(18)21(22)26)16-9-13-23-14-10-16/h6-7,9-10,13-15H,2-5,8,11-12H2,1H3,(H,24,25). The average molecular weight is 351 g/mol. The number of nitrogens with zero attached hydrogens (tertiary/aromatic N) is 1. The van der Waals surface area contributed by atoms with E-state index in [0.717, 1.165) is 54.4 Å². The van der Waals surface area contributed by atoms with Gasteiger partial charge in [0.1, 0.15) is 0 Å². The van der Waals surface area contributed by atoms with Crippen molar-refractivity contribution in [2.45, 2.75) is 51.9 Å². The Labute approximate surface area is 154 Å². The highest BCUT2D eigenvalue weighted by Gasteiger charge is 2.37. The topological polar surface area (TPSA) is 67.3 Å². The summed E-state index contributed by atoms with van der Waals surface area (Å²) in [5, 5.41) is 8.71. The lowest BCUT2D eigenvalue weighted by Crippen LogP contribution is -2.33. The summed E-state index contributed by atoms with van der Waals surface area (Å²) in [4.78, 5) is 27.7. The molecule has 1 atom stereocenters. The first kappa shape index (κ1) is 18.3. The molecule has 136 valence electrons. The van der Waals surface area contributed by atoms with Crippen LogP contribution in [0.4, 0.5) is 0 Å². The van der Waals surface area contributed by atoms with Gasteiger partial charge in [-0.25, -0.2) is 0 Å². The number of aryl methyl sites for hydroxylation is 1. The molecule has 1 aromatic heterocycles. The van der Waals surface area contributed by atoms with Crippen molar-refractivity contribution in [3.8, 4) is 11.1 Å². The quantitative estimate of drug-likeness (QED) is 0.719. The minimum atomic E-state index is -0.746. The Bertz CT molecular complexity index is 800. The Balaban J connectivity index is 1.69. The van der Waals surface area contributed by atoms with Crippen LogP contribution in [0.15, 0.2) is 42.7 Å². The Hall–Kier alpha value is -2.49. The smallest absolute Gasteiger partial charge is 0.303 e. The van der Waals surface area contributed by atoms with Crippen LogP contribution in [-0.4, -0.2) is 21.8 Å². The molecule has 1 aliphatic rings. The third-order valence-electron chi connectivity index (χ3n) is 5.48. The number of carbonyl (C=O) groups excluding carboxylic acids is 1. The van der Waals surface area contributed by atoms with E-state index in [-0.39, 0.29) is 17.6 Å². The number of benzene rings is 1. The fraction of sp³-hybridized carbons (Fsp3) is 0.409. The number of carboxylic acids is 1. The van der Waals surface area contributed by atoms with Crippen molar-refractivity contribution in [1.82, 2.24) is 4.98 Å². The maximum atomic E-state index is 13.1. The minimum absolute atomic E-state index is 0.214. The Morgan fingerprint density at radius 3 is 2.62 bits per heavy atom. The molecule has 1 aromatic carbocycles. The van der Waals surface area contributed by atoms with Crippen LogP contribution >= 0.6 is 0 Å². The molecule has 1 heterocycles. The van der Waals surface area contributed by atoms with Gasteiger partial charge in [-0.3, -0.25) is 14.6 Å². The fourth-order valence-corrected chi connectivity index (χ4v) is 3.80. The van der Waals surface area contributed by atoms with Crippen molar-refractivity contribution in [2.75, 3.05) is 0 Å². The Morgan fingerprint density at radius 2 is 1.88 bits per heavy atom. The van der Waals surface area contributed by atoms with Gasteiger partial charge in [0.05, 0.1) is 0 Å². The van der Waals surface area contributed by atoms with E-state index in [1.165, 1.54) is 0 Å². The van der Waals surface area contributed by atoms with Gasteiger partial charge in [0.2, 0.25) is 0 Å². The first-order chi connectivity index (χ1) is 12.5. The van der Waals surface area contributed by atoms with Gasteiger partial charge in [-0.2, -0.15) is 0 Å². The van der Waals surface area contributed by atoms with Crippen LogP contribution in [0, 0.1) is 5.41 Å². The summed E-state index contributed by atoms with van der Waals surface area (Å²) in [6, 6.07) is 10.1. The van der Waals surface area contributed by atoms with Crippen molar-refractivity contribution >= 4 is 11.8 Å². The molecule has 0 aliphatic heterocycles.